The lowest BCUT2D eigenvalue weighted by molar-refractivity contribution is 0.434. The second kappa shape index (κ2) is 5.92. The van der Waals surface area contributed by atoms with Crippen LogP contribution in [0.25, 0.3) is 0 Å². The molecule has 0 radical (unpaired) electrons. The van der Waals surface area contributed by atoms with Gasteiger partial charge in [-0.3, -0.25) is 0 Å². The normalized spacial score (nSPS) is 21.5. The molecule has 2 atom stereocenters. The Hall–Kier alpha value is 0.310. The van der Waals surface area contributed by atoms with E-state index in [1.54, 1.807) is 0 Å². The summed E-state index contributed by atoms with van der Waals surface area (Å²) in [6, 6.07) is 0.819. The number of hydrogen-bond acceptors (Lipinski definition) is 2. The molecular weight excluding hydrogens is 178 g/mol. The van der Waals surface area contributed by atoms with Gasteiger partial charge in [0.2, 0.25) is 0 Å². The third kappa shape index (κ3) is 4.37. The maximum Gasteiger partial charge on any atom is 0.0141 e. The molecule has 0 saturated heterocycles. The van der Waals surface area contributed by atoms with Crippen LogP contribution in [0.3, 0.4) is 0 Å². The maximum atomic E-state index is 3.71. The fourth-order valence-electron chi connectivity index (χ4n) is 1.71. The Morgan fingerprint density at radius 3 is 2.62 bits per heavy atom. The van der Waals surface area contributed by atoms with E-state index in [1.165, 1.54) is 32.2 Å². The molecule has 0 aliphatic heterocycles. The van der Waals surface area contributed by atoms with Crippen molar-refractivity contribution in [1.82, 2.24) is 5.32 Å². The fraction of sp³-hybridized carbons (Fsp3) is 1.00. The average molecular weight is 201 g/mol. The Balaban J connectivity index is 2.14. The number of nitrogens with one attached hydrogen (secondary N) is 1. The second-order valence-electron chi connectivity index (χ2n) is 4.19. The van der Waals surface area contributed by atoms with Crippen LogP contribution >= 0.6 is 11.8 Å². The SMILES string of the molecule is CCCC(NCC(C)SC)C1CC1. The van der Waals surface area contributed by atoms with Gasteiger partial charge in [0.15, 0.2) is 0 Å². The molecule has 2 heteroatoms. The van der Waals surface area contributed by atoms with Gasteiger partial charge in [0.1, 0.15) is 0 Å². The van der Waals surface area contributed by atoms with Crippen LogP contribution in [0.5, 0.6) is 0 Å². The van der Waals surface area contributed by atoms with Crippen LogP contribution in [-0.2, 0) is 0 Å². The van der Waals surface area contributed by atoms with E-state index in [-0.39, 0.29) is 0 Å². The van der Waals surface area contributed by atoms with Gasteiger partial charge in [-0.05, 0) is 31.4 Å². The first-order chi connectivity index (χ1) is 6.27. The van der Waals surface area contributed by atoms with E-state index in [4.69, 9.17) is 0 Å². The first-order valence-electron chi connectivity index (χ1n) is 5.54. The molecule has 1 nitrogen and oxygen atoms in total. The van der Waals surface area contributed by atoms with Gasteiger partial charge in [0.05, 0.1) is 0 Å². The summed E-state index contributed by atoms with van der Waals surface area (Å²) in [6.45, 7) is 5.77. The first kappa shape index (κ1) is 11.4. The molecule has 1 saturated carbocycles. The molecule has 0 aromatic carbocycles. The lowest BCUT2D eigenvalue weighted by Gasteiger charge is -2.19. The minimum absolute atomic E-state index is 0.762. The zero-order chi connectivity index (χ0) is 9.68. The second-order valence-corrected chi connectivity index (χ2v) is 5.46. The van der Waals surface area contributed by atoms with Crippen LogP contribution in [0, 0.1) is 5.92 Å². The summed E-state index contributed by atoms with van der Waals surface area (Å²) in [4.78, 5) is 0. The quantitative estimate of drug-likeness (QED) is 0.680. The highest BCUT2D eigenvalue weighted by Gasteiger charge is 2.30. The molecule has 1 fully saturated rings. The monoisotopic (exact) mass is 201 g/mol. The summed E-state index contributed by atoms with van der Waals surface area (Å²) in [5, 5.41) is 4.47. The van der Waals surface area contributed by atoms with Gasteiger partial charge in [-0.2, -0.15) is 11.8 Å². The third-order valence-electron chi connectivity index (χ3n) is 2.86. The van der Waals surface area contributed by atoms with Crippen molar-refractivity contribution in [3.63, 3.8) is 0 Å². The van der Waals surface area contributed by atoms with E-state index in [0.717, 1.165) is 17.2 Å². The van der Waals surface area contributed by atoms with Crippen molar-refractivity contribution in [2.45, 2.75) is 50.8 Å². The lowest BCUT2D eigenvalue weighted by atomic mass is 10.1. The predicted molar refractivity (Wildman–Crippen MR) is 62.4 cm³/mol. The van der Waals surface area contributed by atoms with Crippen molar-refractivity contribution in [2.24, 2.45) is 5.92 Å². The zero-order valence-electron chi connectivity index (χ0n) is 9.18. The van der Waals surface area contributed by atoms with Gasteiger partial charge in [-0.25, -0.2) is 0 Å². The minimum Gasteiger partial charge on any atom is -0.313 e. The smallest absolute Gasteiger partial charge is 0.0141 e. The van der Waals surface area contributed by atoms with Crippen molar-refractivity contribution in [3.8, 4) is 0 Å². The molecule has 0 aromatic rings. The molecule has 2 unspecified atom stereocenters. The van der Waals surface area contributed by atoms with Gasteiger partial charge < -0.3 is 5.32 Å². The summed E-state index contributed by atoms with van der Waals surface area (Å²) in [5.41, 5.74) is 0. The molecule has 1 N–H and O–H groups in total. The molecular formula is C11H23NS. The number of thioether (sulfide) groups is 1. The Bertz CT molecular complexity index is 134. The number of hydrogen-bond donors (Lipinski definition) is 1. The Morgan fingerprint density at radius 2 is 2.15 bits per heavy atom. The van der Waals surface area contributed by atoms with E-state index in [0.29, 0.717) is 0 Å². The number of rotatable bonds is 7. The molecule has 0 amide bonds. The van der Waals surface area contributed by atoms with Crippen molar-refractivity contribution in [1.29, 1.82) is 0 Å². The molecule has 0 spiro atoms. The zero-order valence-corrected chi connectivity index (χ0v) is 9.99. The Labute approximate surface area is 87.1 Å². The maximum absolute atomic E-state index is 3.71. The van der Waals surface area contributed by atoms with Crippen LogP contribution in [0.4, 0.5) is 0 Å². The molecule has 1 rings (SSSR count). The van der Waals surface area contributed by atoms with E-state index in [1.807, 2.05) is 11.8 Å². The van der Waals surface area contributed by atoms with Crippen LogP contribution < -0.4 is 5.32 Å². The summed E-state index contributed by atoms with van der Waals surface area (Å²) >= 11 is 1.95. The summed E-state index contributed by atoms with van der Waals surface area (Å²) < 4.78 is 0. The summed E-state index contributed by atoms with van der Waals surface area (Å²) in [7, 11) is 0. The molecule has 0 bridgehead atoms. The standard InChI is InChI=1S/C11H23NS/c1-4-5-11(10-6-7-10)12-8-9(2)13-3/h9-12H,4-8H2,1-3H3. The van der Waals surface area contributed by atoms with Gasteiger partial charge >= 0.3 is 0 Å². The van der Waals surface area contributed by atoms with Gasteiger partial charge in [-0.15, -0.1) is 0 Å². The third-order valence-corrected chi connectivity index (χ3v) is 3.83. The van der Waals surface area contributed by atoms with E-state index in [2.05, 4.69) is 25.4 Å². The molecule has 1 aliphatic rings. The Kier molecular flexibility index (Phi) is 5.18. The van der Waals surface area contributed by atoms with Crippen molar-refractivity contribution < 1.29 is 0 Å². The van der Waals surface area contributed by atoms with Crippen LogP contribution in [-0.4, -0.2) is 24.1 Å². The van der Waals surface area contributed by atoms with E-state index in [9.17, 15) is 0 Å². The molecule has 13 heavy (non-hydrogen) atoms. The largest absolute Gasteiger partial charge is 0.313 e. The fourth-order valence-corrected chi connectivity index (χ4v) is 1.98. The summed E-state index contributed by atoms with van der Waals surface area (Å²) in [5.74, 6) is 1.01. The molecule has 1 aliphatic carbocycles. The molecule has 0 heterocycles. The minimum atomic E-state index is 0.762. The van der Waals surface area contributed by atoms with Crippen molar-refractivity contribution >= 4 is 11.8 Å². The lowest BCUT2D eigenvalue weighted by Crippen LogP contribution is -2.35. The molecule has 78 valence electrons. The highest BCUT2D eigenvalue weighted by molar-refractivity contribution is 7.99. The van der Waals surface area contributed by atoms with Gasteiger partial charge in [0.25, 0.3) is 0 Å². The Morgan fingerprint density at radius 1 is 1.46 bits per heavy atom. The van der Waals surface area contributed by atoms with E-state index < -0.39 is 0 Å². The van der Waals surface area contributed by atoms with E-state index >= 15 is 0 Å². The van der Waals surface area contributed by atoms with Gasteiger partial charge in [-0.1, -0.05) is 20.3 Å². The van der Waals surface area contributed by atoms with Crippen molar-refractivity contribution in [2.75, 3.05) is 12.8 Å². The first-order valence-corrected chi connectivity index (χ1v) is 6.82. The van der Waals surface area contributed by atoms with Crippen molar-refractivity contribution in [3.05, 3.63) is 0 Å². The van der Waals surface area contributed by atoms with Gasteiger partial charge in [0, 0.05) is 17.8 Å². The highest BCUT2D eigenvalue weighted by atomic mass is 32.2. The molecule has 0 aromatic heterocycles. The average Bonchev–Trinajstić information content (AvgIpc) is 2.94. The van der Waals surface area contributed by atoms with Crippen LogP contribution in [0.15, 0.2) is 0 Å². The topological polar surface area (TPSA) is 12.0 Å². The predicted octanol–water partition coefficient (Wildman–Crippen LogP) is 2.91. The van der Waals surface area contributed by atoms with Crippen LogP contribution in [0.2, 0.25) is 0 Å². The highest BCUT2D eigenvalue weighted by Crippen LogP contribution is 2.34. The summed E-state index contributed by atoms with van der Waals surface area (Å²) in [6.07, 6.45) is 7.81. The van der Waals surface area contributed by atoms with Crippen LogP contribution in [0.1, 0.15) is 39.5 Å².